The molecular weight excluding hydrogens is 356 g/mol. The summed E-state index contributed by atoms with van der Waals surface area (Å²) in [6.45, 7) is 0. The van der Waals surface area contributed by atoms with E-state index in [1.807, 2.05) is 0 Å². The molecular formula is C16H12ClF2N3OS. The van der Waals surface area contributed by atoms with Crippen molar-refractivity contribution in [1.29, 1.82) is 0 Å². The molecule has 0 N–H and O–H groups in total. The molecule has 2 aromatic heterocycles. The number of carbonyl (C=O) groups excluding carboxylic acids is 1. The Bertz CT molecular complexity index is 883. The molecule has 24 heavy (non-hydrogen) atoms. The van der Waals surface area contributed by atoms with Gasteiger partial charge in [0.1, 0.15) is 5.15 Å². The summed E-state index contributed by atoms with van der Waals surface area (Å²) >= 11 is 6.90. The van der Waals surface area contributed by atoms with Gasteiger partial charge in [0.2, 0.25) is 6.43 Å². The van der Waals surface area contributed by atoms with E-state index in [1.165, 1.54) is 28.7 Å². The number of hydrogen-bond acceptors (Lipinski definition) is 4. The predicted octanol–water partition coefficient (Wildman–Crippen LogP) is 4.43. The van der Waals surface area contributed by atoms with E-state index in [4.69, 9.17) is 11.6 Å². The number of rotatable bonds is 4. The van der Waals surface area contributed by atoms with E-state index in [0.29, 0.717) is 22.3 Å². The third kappa shape index (κ3) is 3.22. The molecule has 0 unspecified atom stereocenters. The molecule has 0 atom stereocenters. The van der Waals surface area contributed by atoms with Crippen LogP contribution in [0.3, 0.4) is 0 Å². The van der Waals surface area contributed by atoms with Crippen LogP contribution in [0, 0.1) is 0 Å². The zero-order valence-corrected chi connectivity index (χ0v) is 14.1. The Morgan fingerprint density at radius 2 is 2.12 bits per heavy atom. The topological polar surface area (TPSA) is 46.1 Å². The largest absolute Gasteiger partial charge is 0.294 e. The van der Waals surface area contributed by atoms with Gasteiger partial charge in [0.25, 0.3) is 5.91 Å². The molecule has 0 aliphatic heterocycles. The van der Waals surface area contributed by atoms with Gasteiger partial charge in [-0.3, -0.25) is 9.69 Å². The van der Waals surface area contributed by atoms with Gasteiger partial charge < -0.3 is 0 Å². The number of benzene rings is 1. The lowest BCUT2D eigenvalue weighted by Gasteiger charge is -2.16. The van der Waals surface area contributed by atoms with Gasteiger partial charge in [-0.1, -0.05) is 23.7 Å². The second-order valence-electron chi connectivity index (χ2n) is 5.13. The number of nitrogens with zero attached hydrogens (tertiary/aromatic N) is 3. The van der Waals surface area contributed by atoms with E-state index in [-0.39, 0.29) is 17.5 Å². The fourth-order valence-electron chi connectivity index (χ4n) is 2.40. The van der Waals surface area contributed by atoms with Crippen molar-refractivity contribution >= 4 is 44.9 Å². The summed E-state index contributed by atoms with van der Waals surface area (Å²) in [6.07, 6.45) is -1.48. The summed E-state index contributed by atoms with van der Waals surface area (Å²) in [6, 6.07) is 8.22. The molecule has 0 aliphatic rings. The van der Waals surface area contributed by atoms with E-state index < -0.39 is 6.43 Å². The number of aromatic nitrogens is 2. The molecule has 0 bridgehead atoms. The van der Waals surface area contributed by atoms with Gasteiger partial charge in [-0.2, -0.15) is 4.37 Å². The summed E-state index contributed by atoms with van der Waals surface area (Å²) in [5.41, 5.74) is 0.814. The normalized spacial score (nSPS) is 11.2. The molecule has 124 valence electrons. The average Bonchev–Trinajstić information content (AvgIpc) is 2.99. The van der Waals surface area contributed by atoms with Crippen LogP contribution in [0.4, 0.5) is 14.6 Å². The van der Waals surface area contributed by atoms with Crippen molar-refractivity contribution < 1.29 is 13.6 Å². The minimum Gasteiger partial charge on any atom is -0.294 e. The van der Waals surface area contributed by atoms with Crippen LogP contribution in [-0.2, 0) is 6.42 Å². The molecule has 8 heteroatoms. The highest BCUT2D eigenvalue weighted by Crippen LogP contribution is 2.33. The highest BCUT2D eigenvalue weighted by Gasteiger charge is 2.21. The molecule has 0 saturated heterocycles. The Morgan fingerprint density at radius 1 is 1.33 bits per heavy atom. The molecule has 3 rings (SSSR count). The minimum absolute atomic E-state index is 0.285. The van der Waals surface area contributed by atoms with Gasteiger partial charge in [-0.05, 0) is 35.3 Å². The van der Waals surface area contributed by atoms with Crippen LogP contribution in [0.5, 0.6) is 0 Å². The van der Waals surface area contributed by atoms with Crippen LogP contribution in [0.15, 0.2) is 36.5 Å². The number of pyridine rings is 1. The third-order valence-corrected chi connectivity index (χ3v) is 4.56. The van der Waals surface area contributed by atoms with Crippen LogP contribution < -0.4 is 4.90 Å². The molecule has 0 fully saturated rings. The second-order valence-corrected chi connectivity index (χ2v) is 6.32. The maximum atomic E-state index is 12.8. The Kier molecular flexibility index (Phi) is 4.73. The van der Waals surface area contributed by atoms with Crippen molar-refractivity contribution in [2.24, 2.45) is 0 Å². The molecule has 0 aliphatic carbocycles. The third-order valence-electron chi connectivity index (χ3n) is 3.54. The lowest BCUT2D eigenvalue weighted by Crippen LogP contribution is -2.26. The van der Waals surface area contributed by atoms with Crippen LogP contribution in [0.2, 0.25) is 5.15 Å². The average molecular weight is 368 g/mol. The van der Waals surface area contributed by atoms with Crippen LogP contribution in [-0.4, -0.2) is 28.7 Å². The van der Waals surface area contributed by atoms with Crippen molar-refractivity contribution in [1.82, 2.24) is 9.36 Å². The number of alkyl halides is 2. The van der Waals surface area contributed by atoms with Crippen LogP contribution in [0.25, 0.3) is 10.1 Å². The Morgan fingerprint density at radius 3 is 2.79 bits per heavy atom. The molecule has 3 aromatic rings. The molecule has 4 nitrogen and oxygen atoms in total. The van der Waals surface area contributed by atoms with Crippen molar-refractivity contribution in [3.8, 4) is 0 Å². The first-order valence-electron chi connectivity index (χ1n) is 7.02. The van der Waals surface area contributed by atoms with Gasteiger partial charge in [-0.25, -0.2) is 13.8 Å². The Balaban J connectivity index is 2.02. The van der Waals surface area contributed by atoms with E-state index >= 15 is 0 Å². The molecule has 0 saturated carbocycles. The first-order chi connectivity index (χ1) is 11.5. The molecule has 0 spiro atoms. The van der Waals surface area contributed by atoms with Crippen molar-refractivity contribution in [3.05, 3.63) is 52.8 Å². The maximum Gasteiger partial charge on any atom is 0.260 e. The van der Waals surface area contributed by atoms with Crippen LogP contribution >= 0.6 is 23.1 Å². The smallest absolute Gasteiger partial charge is 0.260 e. The summed E-state index contributed by atoms with van der Waals surface area (Å²) < 4.78 is 30.7. The fourth-order valence-corrected chi connectivity index (χ4v) is 3.37. The van der Waals surface area contributed by atoms with Crippen LogP contribution in [0.1, 0.15) is 15.9 Å². The first-order valence-corrected chi connectivity index (χ1v) is 8.17. The number of anilines is 1. The maximum absolute atomic E-state index is 12.8. The van der Waals surface area contributed by atoms with Gasteiger partial charge in [0, 0.05) is 25.1 Å². The monoisotopic (exact) mass is 367 g/mol. The Hall–Kier alpha value is -2.12. The predicted molar refractivity (Wildman–Crippen MR) is 91.3 cm³/mol. The van der Waals surface area contributed by atoms with Crippen molar-refractivity contribution in [3.63, 3.8) is 0 Å². The van der Waals surface area contributed by atoms with Gasteiger partial charge in [0.15, 0.2) is 5.82 Å². The number of fused-ring (bicyclic) bond motifs is 1. The quantitative estimate of drug-likeness (QED) is 0.641. The highest BCUT2D eigenvalue weighted by atomic mass is 35.5. The van der Waals surface area contributed by atoms with Gasteiger partial charge >= 0.3 is 0 Å². The lowest BCUT2D eigenvalue weighted by atomic mass is 10.1. The number of amides is 1. The zero-order chi connectivity index (χ0) is 17.3. The minimum atomic E-state index is -2.47. The van der Waals surface area contributed by atoms with E-state index in [2.05, 4.69) is 9.36 Å². The molecule has 0 radical (unpaired) electrons. The Labute approximate surface area is 145 Å². The van der Waals surface area contributed by atoms with Crippen molar-refractivity contribution in [2.75, 3.05) is 11.9 Å². The first kappa shape index (κ1) is 16.7. The van der Waals surface area contributed by atoms with E-state index in [1.54, 1.807) is 31.3 Å². The van der Waals surface area contributed by atoms with Gasteiger partial charge in [0.05, 0.1) is 10.3 Å². The summed E-state index contributed by atoms with van der Waals surface area (Å²) in [5, 5.41) is 0.869. The fraction of sp³-hybridized carbons (Fsp3) is 0.188. The summed E-state index contributed by atoms with van der Waals surface area (Å²) in [7, 11) is 1.56. The molecule has 1 aromatic carbocycles. The summed E-state index contributed by atoms with van der Waals surface area (Å²) in [4.78, 5) is 17.8. The second kappa shape index (κ2) is 6.78. The number of hydrogen-bond donors (Lipinski definition) is 0. The highest BCUT2D eigenvalue weighted by molar-refractivity contribution is 7.13. The molecule has 2 heterocycles. The standard InChI is InChI=1S/C16H12ClF2N3OS/c1-22(16(23)10-5-6-12(17)20-8-10)15-14-9(7-13(18)19)3-2-4-11(14)24-21-15/h2-6,8,13H,7H2,1H3. The SMILES string of the molecule is CN(C(=O)c1ccc(Cl)nc1)c1nsc2cccc(CC(F)F)c12. The van der Waals surface area contributed by atoms with E-state index in [9.17, 15) is 13.6 Å². The number of halogens is 3. The molecule has 1 amide bonds. The lowest BCUT2D eigenvalue weighted by molar-refractivity contribution is 0.0992. The number of carbonyl (C=O) groups is 1. The van der Waals surface area contributed by atoms with Gasteiger partial charge in [-0.15, -0.1) is 0 Å². The van der Waals surface area contributed by atoms with Crippen molar-refractivity contribution in [2.45, 2.75) is 12.8 Å². The summed E-state index contributed by atoms with van der Waals surface area (Å²) in [5.74, 6) is 0.0319. The van der Waals surface area contributed by atoms with E-state index in [0.717, 1.165) is 4.70 Å². The zero-order valence-electron chi connectivity index (χ0n) is 12.5.